The molecular formula is C19H15N11O3. The minimum atomic E-state index is -0.730. The SMILES string of the molecule is N#CNC1=NC(c2cccc(OCn3cc([N+](=O)[O-])cn3)c2)c2c(nc(N)c(C#N)c2N)N1. The van der Waals surface area contributed by atoms with Gasteiger partial charge in [0.05, 0.1) is 10.6 Å². The summed E-state index contributed by atoms with van der Waals surface area (Å²) in [6.45, 7) is -0.0661. The van der Waals surface area contributed by atoms with Crippen molar-refractivity contribution in [3.8, 4) is 18.0 Å². The van der Waals surface area contributed by atoms with Crippen molar-refractivity contribution in [2.45, 2.75) is 12.8 Å². The number of aromatic nitrogens is 3. The molecule has 3 aromatic rings. The Morgan fingerprint density at radius 1 is 1.36 bits per heavy atom. The third kappa shape index (κ3) is 3.99. The van der Waals surface area contributed by atoms with Crippen LogP contribution in [0.1, 0.15) is 22.7 Å². The summed E-state index contributed by atoms with van der Waals surface area (Å²) in [4.78, 5) is 18.9. The van der Waals surface area contributed by atoms with E-state index in [9.17, 15) is 15.4 Å². The van der Waals surface area contributed by atoms with E-state index in [0.717, 1.165) is 6.20 Å². The van der Waals surface area contributed by atoms with E-state index >= 15 is 0 Å². The molecule has 0 saturated carbocycles. The highest BCUT2D eigenvalue weighted by Crippen LogP contribution is 2.41. The van der Waals surface area contributed by atoms with Crippen molar-refractivity contribution in [1.82, 2.24) is 20.1 Å². The Balaban J connectivity index is 1.68. The fourth-order valence-electron chi connectivity index (χ4n) is 3.25. The van der Waals surface area contributed by atoms with Gasteiger partial charge in [-0.2, -0.15) is 15.6 Å². The molecule has 1 aliphatic rings. The molecule has 1 aliphatic heterocycles. The highest BCUT2D eigenvalue weighted by Gasteiger charge is 2.29. The van der Waals surface area contributed by atoms with Gasteiger partial charge in [-0.25, -0.2) is 14.7 Å². The smallest absolute Gasteiger partial charge is 0.307 e. The maximum atomic E-state index is 10.8. The second kappa shape index (κ2) is 8.40. The lowest BCUT2D eigenvalue weighted by Gasteiger charge is -2.26. The predicted octanol–water partition coefficient (Wildman–Crippen LogP) is 1.20. The molecule has 0 radical (unpaired) electrons. The third-order valence-corrected chi connectivity index (χ3v) is 4.73. The number of nitro groups is 1. The van der Waals surface area contributed by atoms with Crippen LogP contribution < -0.4 is 26.8 Å². The Kier molecular flexibility index (Phi) is 5.32. The van der Waals surface area contributed by atoms with Crippen LogP contribution in [0.4, 0.5) is 23.0 Å². The fourth-order valence-corrected chi connectivity index (χ4v) is 3.25. The number of hydrogen-bond donors (Lipinski definition) is 4. The zero-order valence-corrected chi connectivity index (χ0v) is 16.8. The summed E-state index contributed by atoms with van der Waals surface area (Å²) >= 11 is 0. The zero-order valence-electron chi connectivity index (χ0n) is 16.8. The van der Waals surface area contributed by atoms with Crippen molar-refractivity contribution in [2.75, 3.05) is 16.8 Å². The number of anilines is 3. The first-order chi connectivity index (χ1) is 15.9. The number of aliphatic imine (C=N–C) groups is 1. The van der Waals surface area contributed by atoms with Crippen LogP contribution in [-0.4, -0.2) is 25.6 Å². The molecule has 164 valence electrons. The molecule has 0 fully saturated rings. The number of nitrogens with one attached hydrogen (secondary N) is 2. The molecule has 14 nitrogen and oxygen atoms in total. The summed E-state index contributed by atoms with van der Waals surface area (Å²) in [6, 6.07) is 8.07. The lowest BCUT2D eigenvalue weighted by Crippen LogP contribution is -2.32. The lowest BCUT2D eigenvalue weighted by molar-refractivity contribution is -0.385. The number of nitrogen functional groups attached to an aromatic ring is 2. The number of fused-ring (bicyclic) bond motifs is 1. The molecule has 0 aliphatic carbocycles. The number of rotatable bonds is 5. The first-order valence-electron chi connectivity index (χ1n) is 9.29. The summed E-state index contributed by atoms with van der Waals surface area (Å²) in [6.07, 6.45) is 4.15. The van der Waals surface area contributed by atoms with E-state index in [2.05, 4.69) is 25.7 Å². The van der Waals surface area contributed by atoms with Gasteiger partial charge in [0, 0.05) is 5.56 Å². The lowest BCUT2D eigenvalue weighted by atomic mass is 9.95. The molecule has 2 aromatic heterocycles. The first-order valence-corrected chi connectivity index (χ1v) is 9.29. The Hall–Kier alpha value is -5.37. The Labute approximate surface area is 185 Å². The van der Waals surface area contributed by atoms with Crippen LogP contribution in [0.2, 0.25) is 0 Å². The van der Waals surface area contributed by atoms with Crippen LogP contribution in [-0.2, 0) is 6.73 Å². The fraction of sp³-hybridized carbons (Fsp3) is 0.105. The van der Waals surface area contributed by atoms with Gasteiger partial charge >= 0.3 is 5.69 Å². The standard InChI is InChI=1S/C19H15N11O3/c20-5-13-15(22)14-16(26-19(24-8-21)28-18(14)27-17(13)23)10-2-1-3-12(4-10)33-9-29-7-11(6-25-29)30(31)32/h1-4,6-7,16H,9H2,(H6,22,23,24,26,27,28). The monoisotopic (exact) mass is 445 g/mol. The number of nitriles is 2. The van der Waals surface area contributed by atoms with Gasteiger partial charge in [-0.3, -0.25) is 15.4 Å². The van der Waals surface area contributed by atoms with Crippen LogP contribution in [0.3, 0.4) is 0 Å². The molecule has 0 amide bonds. The highest BCUT2D eigenvalue weighted by molar-refractivity contribution is 5.98. The Morgan fingerprint density at radius 3 is 2.88 bits per heavy atom. The number of ether oxygens (including phenoxy) is 1. The van der Waals surface area contributed by atoms with Gasteiger partial charge in [0.15, 0.2) is 12.9 Å². The molecule has 0 saturated heterocycles. The Morgan fingerprint density at radius 2 is 2.18 bits per heavy atom. The van der Waals surface area contributed by atoms with Crippen molar-refractivity contribution in [3.05, 3.63) is 63.5 Å². The van der Waals surface area contributed by atoms with Crippen molar-refractivity contribution in [3.63, 3.8) is 0 Å². The van der Waals surface area contributed by atoms with Crippen molar-refractivity contribution in [2.24, 2.45) is 4.99 Å². The number of guanidine groups is 1. The molecule has 1 unspecified atom stereocenters. The van der Waals surface area contributed by atoms with Gasteiger partial charge in [-0.15, -0.1) is 0 Å². The molecule has 0 spiro atoms. The molecule has 3 heterocycles. The van der Waals surface area contributed by atoms with Gasteiger partial charge in [-0.1, -0.05) is 12.1 Å². The maximum Gasteiger partial charge on any atom is 0.307 e. The minimum absolute atomic E-state index is 0.0279. The summed E-state index contributed by atoms with van der Waals surface area (Å²) in [5.74, 6) is 0.764. The summed E-state index contributed by atoms with van der Waals surface area (Å²) < 4.78 is 6.98. The predicted molar refractivity (Wildman–Crippen MR) is 115 cm³/mol. The summed E-state index contributed by atoms with van der Waals surface area (Å²) in [5, 5.41) is 38.4. The summed E-state index contributed by atoms with van der Waals surface area (Å²) in [5.41, 5.74) is 13.1. The van der Waals surface area contributed by atoms with Crippen LogP contribution in [0.5, 0.6) is 5.75 Å². The van der Waals surface area contributed by atoms with E-state index in [0.29, 0.717) is 16.9 Å². The van der Waals surface area contributed by atoms with Crippen LogP contribution in [0.25, 0.3) is 0 Å². The molecule has 6 N–H and O–H groups in total. The zero-order chi connectivity index (χ0) is 23.5. The number of nitrogens with zero attached hydrogens (tertiary/aromatic N) is 7. The average molecular weight is 445 g/mol. The molecule has 4 rings (SSSR count). The van der Waals surface area contributed by atoms with E-state index in [1.165, 1.54) is 10.9 Å². The van der Waals surface area contributed by atoms with Gasteiger partial charge in [-0.05, 0) is 17.7 Å². The van der Waals surface area contributed by atoms with Gasteiger partial charge < -0.3 is 21.5 Å². The first kappa shape index (κ1) is 20.9. The van der Waals surface area contributed by atoms with Crippen molar-refractivity contribution in [1.29, 1.82) is 10.5 Å². The second-order valence-corrected chi connectivity index (χ2v) is 6.74. The van der Waals surface area contributed by atoms with Crippen LogP contribution >= 0.6 is 0 Å². The van der Waals surface area contributed by atoms with E-state index in [1.54, 1.807) is 30.5 Å². The van der Waals surface area contributed by atoms with E-state index in [-0.39, 0.29) is 41.3 Å². The number of nitrogens with two attached hydrogens (primary N) is 2. The van der Waals surface area contributed by atoms with Crippen LogP contribution in [0, 0.1) is 32.9 Å². The van der Waals surface area contributed by atoms with Crippen molar-refractivity contribution >= 4 is 29.0 Å². The highest BCUT2D eigenvalue weighted by atomic mass is 16.6. The molecular weight excluding hydrogens is 430 g/mol. The normalized spacial score (nSPS) is 14.1. The molecule has 1 aromatic carbocycles. The Bertz CT molecular complexity index is 1370. The minimum Gasteiger partial charge on any atom is -0.471 e. The number of hydrogen-bond acceptors (Lipinski definition) is 12. The van der Waals surface area contributed by atoms with Gasteiger partial charge in [0.1, 0.15) is 47.5 Å². The van der Waals surface area contributed by atoms with E-state index in [4.69, 9.17) is 21.5 Å². The molecule has 14 heteroatoms. The number of benzene rings is 1. The third-order valence-electron chi connectivity index (χ3n) is 4.73. The van der Waals surface area contributed by atoms with E-state index < -0.39 is 11.0 Å². The van der Waals surface area contributed by atoms with E-state index in [1.807, 2.05) is 6.07 Å². The maximum absolute atomic E-state index is 10.8. The second-order valence-electron chi connectivity index (χ2n) is 6.74. The molecule has 0 bridgehead atoms. The molecule has 1 atom stereocenters. The van der Waals surface area contributed by atoms with Gasteiger partial charge in [0.25, 0.3) is 0 Å². The topological polar surface area (TPSA) is 219 Å². The van der Waals surface area contributed by atoms with Crippen LogP contribution in [0.15, 0.2) is 41.7 Å². The largest absolute Gasteiger partial charge is 0.471 e. The number of pyridine rings is 1. The molecule has 33 heavy (non-hydrogen) atoms. The average Bonchev–Trinajstić information content (AvgIpc) is 3.27. The van der Waals surface area contributed by atoms with Crippen molar-refractivity contribution < 1.29 is 9.66 Å². The van der Waals surface area contributed by atoms with Gasteiger partial charge in [0.2, 0.25) is 5.96 Å². The quantitative estimate of drug-likeness (QED) is 0.189. The summed E-state index contributed by atoms with van der Waals surface area (Å²) in [7, 11) is 0.